The first kappa shape index (κ1) is 13.1. The van der Waals surface area contributed by atoms with Crippen molar-refractivity contribution in [3.63, 3.8) is 0 Å². The average molecular weight is 300 g/mol. The van der Waals surface area contributed by atoms with Gasteiger partial charge >= 0.3 is 0 Å². The predicted molar refractivity (Wildman–Crippen MR) is 78.5 cm³/mol. The fourth-order valence-electron chi connectivity index (χ4n) is 1.71. The predicted octanol–water partition coefficient (Wildman–Crippen LogP) is 2.85. The van der Waals surface area contributed by atoms with Crippen molar-refractivity contribution in [2.24, 2.45) is 0 Å². The van der Waals surface area contributed by atoms with Gasteiger partial charge in [0.15, 0.2) is 5.01 Å². The molecule has 3 aromatic rings. The molecule has 0 aliphatic carbocycles. The van der Waals surface area contributed by atoms with Crippen molar-refractivity contribution in [2.45, 2.75) is 0 Å². The van der Waals surface area contributed by atoms with E-state index in [1.165, 1.54) is 23.5 Å². The lowest BCUT2D eigenvalue weighted by Gasteiger charge is -2.00. The third-order valence-corrected chi connectivity index (χ3v) is 3.72. The molecule has 3 rings (SSSR count). The number of hydrogen-bond donors (Lipinski definition) is 1. The topological polar surface area (TPSA) is 98.0 Å². The standard InChI is InChI=1S/C13H8N4O3S/c18-12(13-15-9-3-1-2-4-10(9)21-13)16-11-6-5-8(7-14-11)17(19)20/h1-7H,(H,14,16,18). The minimum atomic E-state index is -0.549. The summed E-state index contributed by atoms with van der Waals surface area (Å²) in [4.78, 5) is 30.1. The van der Waals surface area contributed by atoms with Crippen LogP contribution in [-0.2, 0) is 0 Å². The van der Waals surface area contributed by atoms with Crippen LogP contribution in [0.1, 0.15) is 9.80 Å². The molecule has 0 aliphatic rings. The Morgan fingerprint density at radius 3 is 2.71 bits per heavy atom. The summed E-state index contributed by atoms with van der Waals surface area (Å²) in [7, 11) is 0. The molecule has 0 fully saturated rings. The zero-order valence-corrected chi connectivity index (χ0v) is 11.3. The maximum Gasteiger partial charge on any atom is 0.287 e. The van der Waals surface area contributed by atoms with Crippen molar-refractivity contribution >= 4 is 39.0 Å². The average Bonchev–Trinajstić information content (AvgIpc) is 2.92. The minimum absolute atomic E-state index is 0.131. The Bertz CT molecular complexity index is 796. The van der Waals surface area contributed by atoms with Crippen LogP contribution in [0.2, 0.25) is 0 Å². The number of rotatable bonds is 3. The molecule has 1 N–H and O–H groups in total. The minimum Gasteiger partial charge on any atom is -0.304 e. The highest BCUT2D eigenvalue weighted by Gasteiger charge is 2.13. The van der Waals surface area contributed by atoms with Crippen LogP contribution >= 0.6 is 11.3 Å². The Hall–Kier alpha value is -2.87. The van der Waals surface area contributed by atoms with Crippen LogP contribution in [0.4, 0.5) is 11.5 Å². The van der Waals surface area contributed by atoms with E-state index in [4.69, 9.17) is 0 Å². The van der Waals surface area contributed by atoms with Crippen molar-refractivity contribution in [3.05, 3.63) is 57.7 Å². The van der Waals surface area contributed by atoms with Crippen molar-refractivity contribution < 1.29 is 9.72 Å². The highest BCUT2D eigenvalue weighted by molar-refractivity contribution is 7.20. The monoisotopic (exact) mass is 300 g/mol. The summed E-state index contributed by atoms with van der Waals surface area (Å²) in [5.74, 6) is -0.151. The van der Waals surface area contributed by atoms with Gasteiger partial charge in [-0.15, -0.1) is 11.3 Å². The second kappa shape index (κ2) is 5.25. The van der Waals surface area contributed by atoms with E-state index in [9.17, 15) is 14.9 Å². The zero-order chi connectivity index (χ0) is 14.8. The van der Waals surface area contributed by atoms with Crippen LogP contribution in [0.25, 0.3) is 10.2 Å². The Morgan fingerprint density at radius 2 is 2.05 bits per heavy atom. The Balaban J connectivity index is 1.80. The van der Waals surface area contributed by atoms with E-state index in [1.807, 2.05) is 24.3 Å². The second-order valence-electron chi connectivity index (χ2n) is 4.10. The van der Waals surface area contributed by atoms with Gasteiger partial charge in [0.05, 0.1) is 15.1 Å². The molecular formula is C13H8N4O3S. The van der Waals surface area contributed by atoms with Gasteiger partial charge in [0.1, 0.15) is 12.0 Å². The number of nitrogens with one attached hydrogen (secondary N) is 1. The van der Waals surface area contributed by atoms with Gasteiger partial charge in [-0.3, -0.25) is 14.9 Å². The molecule has 21 heavy (non-hydrogen) atoms. The number of anilines is 1. The van der Waals surface area contributed by atoms with E-state index in [2.05, 4.69) is 15.3 Å². The van der Waals surface area contributed by atoms with Crippen LogP contribution in [-0.4, -0.2) is 20.8 Å². The molecule has 0 bridgehead atoms. The fraction of sp³-hybridized carbons (Fsp3) is 0. The highest BCUT2D eigenvalue weighted by Crippen LogP contribution is 2.22. The van der Waals surface area contributed by atoms with Gasteiger partial charge in [-0.1, -0.05) is 12.1 Å². The lowest BCUT2D eigenvalue weighted by Crippen LogP contribution is -2.12. The maximum atomic E-state index is 12.1. The lowest BCUT2D eigenvalue weighted by atomic mass is 10.3. The summed E-state index contributed by atoms with van der Waals surface area (Å²) >= 11 is 1.27. The molecule has 1 aromatic carbocycles. The molecule has 0 spiro atoms. The van der Waals surface area contributed by atoms with Gasteiger partial charge in [0, 0.05) is 6.07 Å². The number of fused-ring (bicyclic) bond motifs is 1. The molecule has 0 unspecified atom stereocenters. The van der Waals surface area contributed by atoms with Crippen molar-refractivity contribution in [1.29, 1.82) is 0 Å². The fourth-order valence-corrected chi connectivity index (χ4v) is 2.57. The summed E-state index contributed by atoms with van der Waals surface area (Å²) < 4.78 is 0.916. The van der Waals surface area contributed by atoms with Gasteiger partial charge in [-0.2, -0.15) is 0 Å². The quantitative estimate of drug-likeness (QED) is 0.592. The maximum absolute atomic E-state index is 12.1. The van der Waals surface area contributed by atoms with Crippen LogP contribution in [0.3, 0.4) is 0 Å². The SMILES string of the molecule is O=C(Nc1ccc([N+](=O)[O-])cn1)c1nc2ccccc2s1. The van der Waals surface area contributed by atoms with Gasteiger partial charge in [0.25, 0.3) is 11.6 Å². The number of nitrogens with zero attached hydrogens (tertiary/aromatic N) is 3. The Labute approximate surface area is 122 Å². The summed E-state index contributed by atoms with van der Waals surface area (Å²) in [6.07, 6.45) is 1.09. The van der Waals surface area contributed by atoms with Gasteiger partial charge in [0.2, 0.25) is 0 Å². The summed E-state index contributed by atoms with van der Waals surface area (Å²) in [5, 5.41) is 13.4. The number of pyridine rings is 1. The van der Waals surface area contributed by atoms with E-state index in [-0.39, 0.29) is 11.5 Å². The van der Waals surface area contributed by atoms with Crippen LogP contribution < -0.4 is 5.32 Å². The molecule has 0 atom stereocenters. The first-order chi connectivity index (χ1) is 10.1. The first-order valence-electron chi connectivity index (χ1n) is 5.91. The second-order valence-corrected chi connectivity index (χ2v) is 5.13. The lowest BCUT2D eigenvalue weighted by molar-refractivity contribution is -0.385. The van der Waals surface area contributed by atoms with Crippen LogP contribution in [0.5, 0.6) is 0 Å². The summed E-state index contributed by atoms with van der Waals surface area (Å²) in [5.41, 5.74) is 0.622. The molecular weight excluding hydrogens is 292 g/mol. The van der Waals surface area contributed by atoms with Crippen LogP contribution in [0.15, 0.2) is 42.6 Å². The number of carbonyl (C=O) groups excluding carboxylic acids is 1. The number of nitro groups is 1. The van der Waals surface area contributed by atoms with Gasteiger partial charge in [-0.05, 0) is 18.2 Å². The van der Waals surface area contributed by atoms with Crippen molar-refractivity contribution in [1.82, 2.24) is 9.97 Å². The smallest absolute Gasteiger partial charge is 0.287 e. The van der Waals surface area contributed by atoms with Crippen LogP contribution in [0, 0.1) is 10.1 Å². The molecule has 2 aromatic heterocycles. The molecule has 2 heterocycles. The third-order valence-electron chi connectivity index (χ3n) is 2.69. The normalized spacial score (nSPS) is 10.5. The molecule has 8 heteroatoms. The Morgan fingerprint density at radius 1 is 1.24 bits per heavy atom. The van der Waals surface area contributed by atoms with E-state index < -0.39 is 10.8 Å². The molecule has 0 saturated heterocycles. The number of aromatic nitrogens is 2. The molecule has 1 amide bonds. The highest BCUT2D eigenvalue weighted by atomic mass is 32.1. The number of para-hydroxylation sites is 1. The summed E-state index contributed by atoms with van der Waals surface area (Å²) in [6.45, 7) is 0. The molecule has 0 aliphatic heterocycles. The molecule has 0 radical (unpaired) electrons. The first-order valence-corrected chi connectivity index (χ1v) is 6.72. The van der Waals surface area contributed by atoms with E-state index >= 15 is 0 Å². The Kier molecular flexibility index (Phi) is 3.28. The number of thiazole rings is 1. The van der Waals surface area contributed by atoms with Crippen molar-refractivity contribution in [2.75, 3.05) is 5.32 Å². The number of carbonyl (C=O) groups is 1. The van der Waals surface area contributed by atoms with Crippen molar-refractivity contribution in [3.8, 4) is 0 Å². The molecule has 104 valence electrons. The molecule has 0 saturated carbocycles. The number of amides is 1. The van der Waals surface area contributed by atoms with Gasteiger partial charge in [-0.25, -0.2) is 9.97 Å². The van der Waals surface area contributed by atoms with E-state index in [1.54, 1.807) is 0 Å². The van der Waals surface area contributed by atoms with E-state index in [0.717, 1.165) is 16.4 Å². The molecule has 7 nitrogen and oxygen atoms in total. The van der Waals surface area contributed by atoms with Gasteiger partial charge < -0.3 is 5.32 Å². The largest absolute Gasteiger partial charge is 0.304 e. The van der Waals surface area contributed by atoms with E-state index in [0.29, 0.717) is 5.01 Å². The third kappa shape index (κ3) is 2.70. The zero-order valence-electron chi connectivity index (χ0n) is 10.5. The summed E-state index contributed by atoms with van der Waals surface area (Å²) in [6, 6.07) is 10.1. The number of benzene rings is 1. The number of hydrogen-bond acceptors (Lipinski definition) is 6.